The van der Waals surface area contributed by atoms with E-state index in [1.807, 2.05) is 18.2 Å². The molecule has 4 heteroatoms. The van der Waals surface area contributed by atoms with Gasteiger partial charge in [0.1, 0.15) is 0 Å². The predicted molar refractivity (Wildman–Crippen MR) is 71.3 cm³/mol. The van der Waals surface area contributed by atoms with Crippen LogP contribution in [0.15, 0.2) is 18.2 Å². The van der Waals surface area contributed by atoms with Gasteiger partial charge in [-0.3, -0.25) is 0 Å². The zero-order valence-electron chi connectivity index (χ0n) is 9.40. The third-order valence-electron chi connectivity index (χ3n) is 2.76. The molecule has 1 aromatic heterocycles. The number of nitrogens with two attached hydrogens (primary N) is 1. The summed E-state index contributed by atoms with van der Waals surface area (Å²) in [6.07, 6.45) is 0. The summed E-state index contributed by atoms with van der Waals surface area (Å²) in [6, 6.07) is 5.83. The van der Waals surface area contributed by atoms with Crippen LogP contribution in [0.2, 0.25) is 5.02 Å². The van der Waals surface area contributed by atoms with Gasteiger partial charge in [0.2, 0.25) is 0 Å². The fourth-order valence-electron chi connectivity index (χ4n) is 1.75. The number of benzene rings is 1. The molecule has 16 heavy (non-hydrogen) atoms. The molecule has 0 saturated heterocycles. The number of hydrogen-bond acceptors (Lipinski definition) is 3. The van der Waals surface area contributed by atoms with Gasteiger partial charge in [-0.1, -0.05) is 31.5 Å². The summed E-state index contributed by atoms with van der Waals surface area (Å²) in [5, 5.41) is 1.88. The number of thiazole rings is 1. The van der Waals surface area contributed by atoms with Crippen molar-refractivity contribution < 1.29 is 0 Å². The molecule has 1 atom stereocenters. The predicted octanol–water partition coefficient (Wildman–Crippen LogP) is 3.65. The highest BCUT2D eigenvalue weighted by Crippen LogP contribution is 2.34. The minimum atomic E-state index is 0.327. The fraction of sp³-hybridized carbons (Fsp3) is 0.417. The van der Waals surface area contributed by atoms with Gasteiger partial charge in [-0.2, -0.15) is 0 Å². The zero-order valence-corrected chi connectivity index (χ0v) is 11.0. The topological polar surface area (TPSA) is 38.9 Å². The molecule has 2 N–H and O–H groups in total. The quantitative estimate of drug-likeness (QED) is 0.908. The van der Waals surface area contributed by atoms with Crippen LogP contribution in [0, 0.1) is 5.92 Å². The smallest absolute Gasteiger partial charge is 0.0985 e. The fourth-order valence-corrected chi connectivity index (χ4v) is 3.29. The van der Waals surface area contributed by atoms with Crippen LogP contribution < -0.4 is 5.73 Å². The summed E-state index contributed by atoms with van der Waals surface area (Å²) >= 11 is 7.80. The molecule has 1 unspecified atom stereocenters. The molecule has 0 saturated carbocycles. The van der Waals surface area contributed by atoms with E-state index in [0.717, 1.165) is 20.2 Å². The van der Waals surface area contributed by atoms with Crippen LogP contribution in [-0.2, 0) is 0 Å². The van der Waals surface area contributed by atoms with Crippen molar-refractivity contribution in [3.05, 3.63) is 28.2 Å². The zero-order chi connectivity index (χ0) is 11.7. The molecule has 1 aromatic carbocycles. The van der Waals surface area contributed by atoms with E-state index in [1.54, 1.807) is 11.3 Å². The van der Waals surface area contributed by atoms with Crippen molar-refractivity contribution >= 4 is 33.2 Å². The first-order valence-electron chi connectivity index (χ1n) is 5.38. The van der Waals surface area contributed by atoms with Crippen LogP contribution in [0.3, 0.4) is 0 Å². The van der Waals surface area contributed by atoms with E-state index in [-0.39, 0.29) is 0 Å². The van der Waals surface area contributed by atoms with E-state index < -0.39 is 0 Å². The van der Waals surface area contributed by atoms with Gasteiger partial charge in [-0.25, -0.2) is 4.98 Å². The second kappa shape index (κ2) is 4.70. The van der Waals surface area contributed by atoms with Gasteiger partial charge in [0, 0.05) is 12.5 Å². The van der Waals surface area contributed by atoms with Gasteiger partial charge in [0.25, 0.3) is 0 Å². The largest absolute Gasteiger partial charge is 0.330 e. The van der Waals surface area contributed by atoms with E-state index >= 15 is 0 Å². The maximum absolute atomic E-state index is 6.14. The van der Waals surface area contributed by atoms with E-state index in [9.17, 15) is 0 Å². The molecule has 0 spiro atoms. The molecule has 0 amide bonds. The Balaban J connectivity index is 2.50. The second-order valence-electron chi connectivity index (χ2n) is 4.23. The minimum Gasteiger partial charge on any atom is -0.330 e. The van der Waals surface area contributed by atoms with Crippen LogP contribution in [-0.4, -0.2) is 11.5 Å². The van der Waals surface area contributed by atoms with Crippen LogP contribution in [0.1, 0.15) is 24.8 Å². The lowest BCUT2D eigenvalue weighted by atomic mass is 9.97. The lowest BCUT2D eigenvalue weighted by Crippen LogP contribution is -2.17. The Hall–Kier alpha value is -0.640. The third-order valence-corrected chi connectivity index (χ3v) is 4.42. The molecule has 0 aliphatic carbocycles. The lowest BCUT2D eigenvalue weighted by molar-refractivity contribution is 0.505. The molecular formula is C12H15ClN2S. The van der Waals surface area contributed by atoms with Crippen molar-refractivity contribution in [2.45, 2.75) is 19.8 Å². The Kier molecular flexibility index (Phi) is 3.47. The first-order valence-corrected chi connectivity index (χ1v) is 6.58. The van der Waals surface area contributed by atoms with Crippen LogP contribution in [0.5, 0.6) is 0 Å². The summed E-state index contributed by atoms with van der Waals surface area (Å²) in [4.78, 5) is 4.62. The number of rotatable bonds is 3. The molecule has 0 aliphatic heterocycles. The Morgan fingerprint density at radius 3 is 2.75 bits per heavy atom. The summed E-state index contributed by atoms with van der Waals surface area (Å²) in [5.41, 5.74) is 6.78. The Morgan fingerprint density at radius 2 is 2.19 bits per heavy atom. The van der Waals surface area contributed by atoms with Gasteiger partial charge >= 0.3 is 0 Å². The van der Waals surface area contributed by atoms with Gasteiger partial charge < -0.3 is 5.73 Å². The molecule has 0 radical (unpaired) electrons. The lowest BCUT2D eigenvalue weighted by Gasteiger charge is -2.15. The van der Waals surface area contributed by atoms with E-state index in [2.05, 4.69) is 18.8 Å². The summed E-state index contributed by atoms with van der Waals surface area (Å²) in [5.74, 6) is 0.831. The molecule has 2 nitrogen and oxygen atoms in total. The number of halogens is 1. The van der Waals surface area contributed by atoms with Crippen LogP contribution in [0.25, 0.3) is 10.2 Å². The monoisotopic (exact) mass is 254 g/mol. The third kappa shape index (κ3) is 2.08. The molecule has 2 rings (SSSR count). The number of hydrogen-bond donors (Lipinski definition) is 1. The highest BCUT2D eigenvalue weighted by Gasteiger charge is 2.18. The minimum absolute atomic E-state index is 0.327. The SMILES string of the molecule is CC(C)C(CN)c1nc2cccc(Cl)c2s1. The van der Waals surface area contributed by atoms with Gasteiger partial charge in [-0.15, -0.1) is 11.3 Å². The van der Waals surface area contributed by atoms with Crippen LogP contribution >= 0.6 is 22.9 Å². The van der Waals surface area contributed by atoms with Crippen molar-refractivity contribution in [2.75, 3.05) is 6.54 Å². The molecule has 0 aliphatic rings. The highest BCUT2D eigenvalue weighted by molar-refractivity contribution is 7.19. The van der Waals surface area contributed by atoms with Gasteiger partial charge in [0.15, 0.2) is 0 Å². The Labute approximate surface area is 104 Å². The van der Waals surface area contributed by atoms with E-state index in [1.165, 1.54) is 0 Å². The number of nitrogens with zero attached hydrogens (tertiary/aromatic N) is 1. The molecule has 0 fully saturated rings. The van der Waals surface area contributed by atoms with Crippen molar-refractivity contribution in [3.8, 4) is 0 Å². The number of aromatic nitrogens is 1. The summed E-state index contributed by atoms with van der Waals surface area (Å²) in [6.45, 7) is 4.98. The summed E-state index contributed by atoms with van der Waals surface area (Å²) < 4.78 is 1.07. The number of fused-ring (bicyclic) bond motifs is 1. The normalized spacial score (nSPS) is 13.6. The molecule has 1 heterocycles. The first kappa shape index (κ1) is 11.8. The average Bonchev–Trinajstić information content (AvgIpc) is 2.63. The standard InChI is InChI=1S/C12H15ClN2S/c1-7(2)8(6-14)12-15-10-5-3-4-9(13)11(10)16-12/h3-5,7-8H,6,14H2,1-2H3. The Morgan fingerprint density at radius 1 is 1.44 bits per heavy atom. The molecule has 2 aromatic rings. The van der Waals surface area contributed by atoms with Crippen molar-refractivity contribution in [2.24, 2.45) is 11.7 Å². The van der Waals surface area contributed by atoms with Crippen molar-refractivity contribution in [3.63, 3.8) is 0 Å². The van der Waals surface area contributed by atoms with Crippen LogP contribution in [0.4, 0.5) is 0 Å². The first-order chi connectivity index (χ1) is 7.63. The highest BCUT2D eigenvalue weighted by atomic mass is 35.5. The van der Waals surface area contributed by atoms with E-state index in [0.29, 0.717) is 18.4 Å². The van der Waals surface area contributed by atoms with Crippen molar-refractivity contribution in [1.82, 2.24) is 4.98 Å². The second-order valence-corrected chi connectivity index (χ2v) is 5.66. The Bertz CT molecular complexity index is 493. The maximum Gasteiger partial charge on any atom is 0.0985 e. The van der Waals surface area contributed by atoms with E-state index in [4.69, 9.17) is 17.3 Å². The molecular weight excluding hydrogens is 240 g/mol. The molecule has 86 valence electrons. The van der Waals surface area contributed by atoms with Gasteiger partial charge in [-0.05, 0) is 18.1 Å². The maximum atomic E-state index is 6.14. The summed E-state index contributed by atoms with van der Waals surface area (Å²) in [7, 11) is 0. The average molecular weight is 255 g/mol. The van der Waals surface area contributed by atoms with Crippen molar-refractivity contribution in [1.29, 1.82) is 0 Å². The van der Waals surface area contributed by atoms with Gasteiger partial charge in [0.05, 0.1) is 20.2 Å². The molecule has 0 bridgehead atoms.